The molecule has 1 aliphatic carbocycles. The van der Waals surface area contributed by atoms with Crippen LogP contribution < -0.4 is 5.32 Å². The lowest BCUT2D eigenvalue weighted by atomic mass is 9.86. The minimum absolute atomic E-state index is 0.0226. The molecule has 3 fully saturated rings. The first kappa shape index (κ1) is 15.6. The number of amides is 3. The van der Waals surface area contributed by atoms with Crippen LogP contribution in [0.25, 0.3) is 0 Å². The zero-order chi connectivity index (χ0) is 15.7. The highest BCUT2D eigenvalue weighted by atomic mass is 16.2. The molecule has 124 valence electrons. The van der Waals surface area contributed by atoms with E-state index in [1.807, 2.05) is 16.8 Å². The van der Waals surface area contributed by atoms with Crippen LogP contribution in [0.15, 0.2) is 0 Å². The van der Waals surface area contributed by atoms with Crippen molar-refractivity contribution in [2.24, 2.45) is 11.8 Å². The van der Waals surface area contributed by atoms with E-state index in [1.54, 1.807) is 0 Å². The second kappa shape index (κ2) is 6.09. The summed E-state index contributed by atoms with van der Waals surface area (Å²) in [4.78, 5) is 28.2. The molecule has 0 unspecified atom stereocenters. The van der Waals surface area contributed by atoms with Crippen LogP contribution in [-0.2, 0) is 4.79 Å². The molecule has 3 amide bonds. The van der Waals surface area contributed by atoms with Gasteiger partial charge in [0, 0.05) is 32.6 Å². The predicted octanol–water partition coefficient (Wildman–Crippen LogP) is 2.22. The summed E-state index contributed by atoms with van der Waals surface area (Å²) in [6.45, 7) is 4.39. The molecule has 2 saturated heterocycles. The van der Waals surface area contributed by atoms with Crippen LogP contribution in [-0.4, -0.2) is 54.0 Å². The summed E-state index contributed by atoms with van der Waals surface area (Å²) < 4.78 is 0. The van der Waals surface area contributed by atoms with Crippen molar-refractivity contribution >= 4 is 11.9 Å². The van der Waals surface area contributed by atoms with Crippen LogP contribution in [0.5, 0.6) is 0 Å². The topological polar surface area (TPSA) is 52.7 Å². The number of hydrogen-bond acceptors (Lipinski definition) is 2. The first-order valence-electron chi connectivity index (χ1n) is 8.82. The number of carbonyl (C=O) groups excluding carboxylic acids is 2. The number of rotatable bonds is 3. The standard InChI is InChI=1S/C17H29N3O2/c1-13(11-14-5-3-4-6-14)15(21)20-9-7-17(8-10-20)12-18-16(22)19(17)2/h13-14H,3-12H2,1-2H3,(H,18,22)/t13-/m1/s1. The molecule has 3 aliphatic rings. The molecule has 0 radical (unpaired) electrons. The lowest BCUT2D eigenvalue weighted by Gasteiger charge is -2.43. The average Bonchev–Trinajstić information content (AvgIpc) is 3.12. The Morgan fingerprint density at radius 1 is 1.32 bits per heavy atom. The van der Waals surface area contributed by atoms with Gasteiger partial charge < -0.3 is 15.1 Å². The number of nitrogens with one attached hydrogen (secondary N) is 1. The number of likely N-dealkylation sites (N-methyl/N-ethyl adjacent to an activating group) is 1. The Kier molecular flexibility index (Phi) is 4.33. The van der Waals surface area contributed by atoms with Crippen molar-refractivity contribution in [3.63, 3.8) is 0 Å². The van der Waals surface area contributed by atoms with Crippen molar-refractivity contribution in [2.75, 3.05) is 26.7 Å². The summed E-state index contributed by atoms with van der Waals surface area (Å²) in [5.41, 5.74) is -0.0669. The van der Waals surface area contributed by atoms with Gasteiger partial charge >= 0.3 is 6.03 Å². The molecule has 0 aromatic heterocycles. The van der Waals surface area contributed by atoms with Crippen LogP contribution >= 0.6 is 0 Å². The van der Waals surface area contributed by atoms with Gasteiger partial charge in [-0.05, 0) is 25.2 Å². The van der Waals surface area contributed by atoms with Gasteiger partial charge in [0.25, 0.3) is 0 Å². The molecule has 3 rings (SSSR count). The fourth-order valence-corrected chi connectivity index (χ4v) is 4.51. The highest BCUT2D eigenvalue weighted by Gasteiger charge is 2.45. The number of nitrogens with zero attached hydrogens (tertiary/aromatic N) is 2. The molecule has 1 atom stereocenters. The van der Waals surface area contributed by atoms with E-state index in [9.17, 15) is 9.59 Å². The molecule has 0 aromatic carbocycles. The Labute approximate surface area is 133 Å². The molecule has 22 heavy (non-hydrogen) atoms. The second-order valence-corrected chi connectivity index (χ2v) is 7.55. The minimum atomic E-state index is -0.0669. The van der Waals surface area contributed by atoms with Gasteiger partial charge in [-0.3, -0.25) is 4.79 Å². The summed E-state index contributed by atoms with van der Waals surface area (Å²) in [6, 6.07) is 0.0226. The van der Waals surface area contributed by atoms with E-state index in [-0.39, 0.29) is 17.5 Å². The summed E-state index contributed by atoms with van der Waals surface area (Å²) >= 11 is 0. The van der Waals surface area contributed by atoms with Gasteiger partial charge in [-0.1, -0.05) is 32.6 Å². The third-order valence-electron chi connectivity index (χ3n) is 6.17. The van der Waals surface area contributed by atoms with E-state index in [1.165, 1.54) is 25.7 Å². The Morgan fingerprint density at radius 3 is 2.50 bits per heavy atom. The molecule has 2 aliphatic heterocycles. The molecular weight excluding hydrogens is 278 g/mol. The Bertz CT molecular complexity index is 437. The summed E-state index contributed by atoms with van der Waals surface area (Å²) in [7, 11) is 1.88. The van der Waals surface area contributed by atoms with Crippen molar-refractivity contribution < 1.29 is 9.59 Å². The van der Waals surface area contributed by atoms with E-state index < -0.39 is 0 Å². The summed E-state index contributed by atoms with van der Waals surface area (Å²) in [6.07, 6.45) is 8.13. The zero-order valence-corrected chi connectivity index (χ0v) is 13.9. The van der Waals surface area contributed by atoms with Crippen molar-refractivity contribution in [3.8, 4) is 0 Å². The first-order valence-corrected chi connectivity index (χ1v) is 8.82. The first-order chi connectivity index (χ1) is 10.5. The second-order valence-electron chi connectivity index (χ2n) is 7.55. The lowest BCUT2D eigenvalue weighted by Crippen LogP contribution is -2.54. The maximum absolute atomic E-state index is 12.7. The summed E-state index contributed by atoms with van der Waals surface area (Å²) in [5, 5.41) is 2.93. The van der Waals surface area contributed by atoms with E-state index >= 15 is 0 Å². The van der Waals surface area contributed by atoms with Crippen LogP contribution in [0.2, 0.25) is 0 Å². The molecular formula is C17H29N3O2. The molecule has 0 bridgehead atoms. The largest absolute Gasteiger partial charge is 0.342 e. The third-order valence-corrected chi connectivity index (χ3v) is 6.17. The Hall–Kier alpha value is -1.26. The van der Waals surface area contributed by atoms with Gasteiger partial charge in [0.2, 0.25) is 5.91 Å². The molecule has 1 saturated carbocycles. The number of hydrogen-bond donors (Lipinski definition) is 1. The number of urea groups is 1. The van der Waals surface area contributed by atoms with E-state index in [4.69, 9.17) is 0 Å². The predicted molar refractivity (Wildman–Crippen MR) is 85.4 cm³/mol. The van der Waals surface area contributed by atoms with Gasteiger partial charge in [0.15, 0.2) is 0 Å². The molecule has 0 aromatic rings. The highest BCUT2D eigenvalue weighted by molar-refractivity contribution is 5.79. The maximum Gasteiger partial charge on any atom is 0.317 e. The van der Waals surface area contributed by atoms with Crippen molar-refractivity contribution in [2.45, 2.75) is 57.4 Å². The minimum Gasteiger partial charge on any atom is -0.342 e. The smallest absolute Gasteiger partial charge is 0.317 e. The van der Waals surface area contributed by atoms with Gasteiger partial charge in [0.1, 0.15) is 0 Å². The fraction of sp³-hybridized carbons (Fsp3) is 0.882. The number of carbonyl (C=O) groups is 2. The molecule has 1 N–H and O–H groups in total. The van der Waals surface area contributed by atoms with Gasteiger partial charge in [-0.2, -0.15) is 0 Å². The average molecular weight is 307 g/mol. The van der Waals surface area contributed by atoms with E-state index in [2.05, 4.69) is 12.2 Å². The van der Waals surface area contributed by atoms with Crippen LogP contribution in [0.4, 0.5) is 4.79 Å². The van der Waals surface area contributed by atoms with Crippen molar-refractivity contribution in [1.82, 2.24) is 15.1 Å². The maximum atomic E-state index is 12.7. The molecule has 5 heteroatoms. The third kappa shape index (κ3) is 2.82. The summed E-state index contributed by atoms with van der Waals surface area (Å²) in [5.74, 6) is 1.23. The van der Waals surface area contributed by atoms with Crippen LogP contribution in [0.3, 0.4) is 0 Å². The van der Waals surface area contributed by atoms with E-state index in [0.717, 1.165) is 44.8 Å². The number of likely N-dealkylation sites (tertiary alicyclic amines) is 1. The highest BCUT2D eigenvalue weighted by Crippen LogP contribution is 2.33. The molecule has 5 nitrogen and oxygen atoms in total. The molecule has 2 heterocycles. The van der Waals surface area contributed by atoms with Crippen LogP contribution in [0.1, 0.15) is 51.9 Å². The lowest BCUT2D eigenvalue weighted by molar-refractivity contribution is -0.137. The van der Waals surface area contributed by atoms with Gasteiger partial charge in [0.05, 0.1) is 5.54 Å². The zero-order valence-electron chi connectivity index (χ0n) is 13.9. The van der Waals surface area contributed by atoms with Gasteiger partial charge in [-0.25, -0.2) is 4.79 Å². The molecule has 1 spiro atoms. The fourth-order valence-electron chi connectivity index (χ4n) is 4.51. The normalized spacial score (nSPS) is 26.5. The van der Waals surface area contributed by atoms with Crippen molar-refractivity contribution in [3.05, 3.63) is 0 Å². The number of piperidine rings is 1. The Morgan fingerprint density at radius 2 is 1.95 bits per heavy atom. The monoisotopic (exact) mass is 307 g/mol. The van der Waals surface area contributed by atoms with Gasteiger partial charge in [-0.15, -0.1) is 0 Å². The Balaban J connectivity index is 1.52. The van der Waals surface area contributed by atoms with E-state index in [0.29, 0.717) is 5.91 Å². The van der Waals surface area contributed by atoms with Crippen molar-refractivity contribution in [1.29, 1.82) is 0 Å². The van der Waals surface area contributed by atoms with Crippen LogP contribution in [0, 0.1) is 11.8 Å². The quantitative estimate of drug-likeness (QED) is 0.869. The SMILES string of the molecule is C[C@H](CC1CCCC1)C(=O)N1CCC2(CC1)CNC(=O)N2C.